The maximum Gasteiger partial charge on any atom is 0.414 e. The number of nitrogens with zero attached hydrogens (tertiary/aromatic N) is 1. The van der Waals surface area contributed by atoms with E-state index in [2.05, 4.69) is 15.9 Å². The van der Waals surface area contributed by atoms with E-state index in [1.165, 1.54) is 7.11 Å². The summed E-state index contributed by atoms with van der Waals surface area (Å²) >= 11 is 3.35. The molecule has 0 saturated carbocycles. The molecule has 1 fully saturated rings. The molecular weight excluding hydrogens is 394 g/mol. The van der Waals surface area contributed by atoms with Gasteiger partial charge in [-0.25, -0.2) is 9.69 Å². The molecule has 2 rings (SSSR count). The van der Waals surface area contributed by atoms with E-state index in [0.29, 0.717) is 12.3 Å². The molecule has 0 radical (unpaired) electrons. The van der Waals surface area contributed by atoms with Crippen LogP contribution in [0.4, 0.5) is 10.5 Å². The van der Waals surface area contributed by atoms with Crippen molar-refractivity contribution in [2.24, 2.45) is 0 Å². The van der Waals surface area contributed by atoms with Gasteiger partial charge in [-0.15, -0.1) is 0 Å². The Morgan fingerprint density at radius 2 is 1.80 bits per heavy atom. The molecule has 7 nitrogen and oxygen atoms in total. The lowest BCUT2D eigenvalue weighted by molar-refractivity contribution is -0.241. The van der Waals surface area contributed by atoms with Gasteiger partial charge < -0.3 is 24.1 Å². The zero-order valence-corrected chi connectivity index (χ0v) is 16.3. The molecule has 0 aliphatic carbocycles. The van der Waals surface area contributed by atoms with Crippen LogP contribution in [0.5, 0.6) is 0 Å². The average molecular weight is 418 g/mol. The number of carbonyl (C=O) groups is 1. The lowest BCUT2D eigenvalue weighted by atomic mass is 9.97. The predicted molar refractivity (Wildman–Crippen MR) is 96.0 cm³/mol. The van der Waals surface area contributed by atoms with Crippen LogP contribution >= 0.6 is 15.9 Å². The number of hydrogen-bond donors (Lipinski definition) is 1. The molecule has 5 atom stereocenters. The molecule has 1 saturated heterocycles. The summed E-state index contributed by atoms with van der Waals surface area (Å²) < 4.78 is 23.7. The molecule has 25 heavy (non-hydrogen) atoms. The number of hydrogen-bond acceptors (Lipinski definition) is 5. The Morgan fingerprint density at radius 3 is 2.28 bits per heavy atom. The molecule has 1 aromatic rings. The first-order valence-electron chi connectivity index (χ1n) is 8.04. The van der Waals surface area contributed by atoms with Crippen molar-refractivity contribution >= 4 is 27.7 Å². The van der Waals surface area contributed by atoms with E-state index in [1.54, 1.807) is 31.4 Å². The van der Waals surface area contributed by atoms with Crippen molar-refractivity contribution in [3.63, 3.8) is 0 Å². The number of ether oxygens (including phenoxy) is 4. The van der Waals surface area contributed by atoms with Crippen LogP contribution in [0.25, 0.3) is 0 Å². The molecule has 1 heterocycles. The van der Waals surface area contributed by atoms with E-state index in [1.807, 2.05) is 13.8 Å². The van der Waals surface area contributed by atoms with Crippen molar-refractivity contribution in [3.8, 4) is 0 Å². The van der Waals surface area contributed by atoms with Crippen LogP contribution in [0.3, 0.4) is 0 Å². The van der Waals surface area contributed by atoms with Gasteiger partial charge in [0.05, 0.1) is 6.10 Å². The van der Waals surface area contributed by atoms with Gasteiger partial charge in [0.2, 0.25) is 0 Å². The first kappa shape index (κ1) is 20.1. The van der Waals surface area contributed by atoms with Crippen molar-refractivity contribution in [2.75, 3.05) is 25.7 Å². The highest BCUT2D eigenvalue weighted by atomic mass is 79.9. The largest absolute Gasteiger partial charge is 0.465 e. The predicted octanol–water partition coefficient (Wildman–Crippen LogP) is 3.11. The molecule has 0 unspecified atom stereocenters. The van der Waals surface area contributed by atoms with Gasteiger partial charge in [0.1, 0.15) is 18.3 Å². The maximum atomic E-state index is 12.0. The van der Waals surface area contributed by atoms with Gasteiger partial charge in [0.25, 0.3) is 0 Å². The van der Waals surface area contributed by atoms with Crippen molar-refractivity contribution < 1.29 is 28.8 Å². The minimum Gasteiger partial charge on any atom is -0.465 e. The topological polar surface area (TPSA) is 77.5 Å². The Labute approximate surface area is 155 Å². The van der Waals surface area contributed by atoms with Crippen LogP contribution in [0, 0.1) is 0 Å². The second-order valence-corrected chi connectivity index (χ2v) is 6.60. The number of halogens is 1. The number of benzene rings is 1. The van der Waals surface area contributed by atoms with Crippen molar-refractivity contribution in [2.45, 2.75) is 44.5 Å². The van der Waals surface area contributed by atoms with E-state index < -0.39 is 24.5 Å². The Bertz CT molecular complexity index is 569. The Balaban J connectivity index is 2.41. The first-order valence-corrected chi connectivity index (χ1v) is 8.84. The molecule has 1 amide bonds. The molecule has 1 N–H and O–H groups in total. The molecule has 1 aromatic carbocycles. The summed E-state index contributed by atoms with van der Waals surface area (Å²) in [6.07, 6.45) is -3.81. The van der Waals surface area contributed by atoms with Gasteiger partial charge in [-0.3, -0.25) is 0 Å². The quantitative estimate of drug-likeness (QED) is 0.765. The average Bonchev–Trinajstić information content (AvgIpc) is 2.57. The molecule has 0 bridgehead atoms. The summed E-state index contributed by atoms with van der Waals surface area (Å²) in [5.41, 5.74) is 0.487. The minimum atomic E-state index is -1.13. The van der Waals surface area contributed by atoms with E-state index in [4.69, 9.17) is 18.9 Å². The number of anilines is 1. The van der Waals surface area contributed by atoms with E-state index in [9.17, 15) is 9.90 Å². The van der Waals surface area contributed by atoms with Crippen LogP contribution in [0.15, 0.2) is 28.7 Å². The standard InChI is InChI=1S/C17H24BrNO6/c1-5-24-14-13(22-3)10(2)25-16(15(14)23-4)19(17(20)21)12-8-6-11(18)7-9-12/h6-10,13-16H,5H2,1-4H3,(H,20,21)/t10-,13-,14-,15-,16-/m1/s1. The lowest BCUT2D eigenvalue weighted by Crippen LogP contribution is -2.64. The first-order chi connectivity index (χ1) is 11.9. The monoisotopic (exact) mass is 417 g/mol. The summed E-state index contributed by atoms with van der Waals surface area (Å²) in [5.74, 6) is 0. The number of amides is 1. The van der Waals surface area contributed by atoms with E-state index >= 15 is 0 Å². The zero-order valence-electron chi connectivity index (χ0n) is 14.7. The van der Waals surface area contributed by atoms with Gasteiger partial charge >= 0.3 is 6.09 Å². The van der Waals surface area contributed by atoms with E-state index in [-0.39, 0.29) is 12.2 Å². The highest BCUT2D eigenvalue weighted by molar-refractivity contribution is 9.10. The number of carboxylic acid groups (broad SMARTS) is 1. The summed E-state index contributed by atoms with van der Waals surface area (Å²) in [6.45, 7) is 4.16. The highest BCUT2D eigenvalue weighted by Gasteiger charge is 2.49. The van der Waals surface area contributed by atoms with Crippen LogP contribution in [-0.4, -0.2) is 62.7 Å². The fourth-order valence-electron chi connectivity index (χ4n) is 3.13. The summed E-state index contributed by atoms with van der Waals surface area (Å²) in [7, 11) is 3.09. The van der Waals surface area contributed by atoms with Gasteiger partial charge in [0, 0.05) is 31.0 Å². The van der Waals surface area contributed by atoms with Gasteiger partial charge in [-0.05, 0) is 38.1 Å². The molecule has 8 heteroatoms. The molecule has 1 aliphatic rings. The number of rotatable bonds is 6. The molecule has 0 aromatic heterocycles. The third-order valence-electron chi connectivity index (χ3n) is 4.21. The maximum absolute atomic E-state index is 12.0. The third-order valence-corrected chi connectivity index (χ3v) is 4.74. The fourth-order valence-corrected chi connectivity index (χ4v) is 3.39. The third kappa shape index (κ3) is 4.32. The van der Waals surface area contributed by atoms with Crippen LogP contribution in [0.2, 0.25) is 0 Å². The number of methoxy groups -OCH3 is 2. The van der Waals surface area contributed by atoms with Gasteiger partial charge in [-0.2, -0.15) is 0 Å². The lowest BCUT2D eigenvalue weighted by Gasteiger charge is -2.47. The summed E-state index contributed by atoms with van der Waals surface area (Å²) in [4.78, 5) is 13.1. The summed E-state index contributed by atoms with van der Waals surface area (Å²) in [6, 6.07) is 6.96. The molecule has 140 valence electrons. The normalized spacial score (nSPS) is 29.4. The molecule has 0 spiro atoms. The zero-order chi connectivity index (χ0) is 18.6. The fraction of sp³-hybridized carbons (Fsp3) is 0.588. The second kappa shape index (κ2) is 8.95. The second-order valence-electron chi connectivity index (χ2n) is 5.68. The van der Waals surface area contributed by atoms with Gasteiger partial charge in [-0.1, -0.05) is 15.9 Å². The smallest absolute Gasteiger partial charge is 0.414 e. The molecular formula is C17H24BrNO6. The van der Waals surface area contributed by atoms with Gasteiger partial charge in [0.15, 0.2) is 6.23 Å². The van der Waals surface area contributed by atoms with Crippen LogP contribution in [0.1, 0.15) is 13.8 Å². The van der Waals surface area contributed by atoms with Crippen LogP contribution < -0.4 is 4.90 Å². The molecule has 1 aliphatic heterocycles. The van der Waals surface area contributed by atoms with Crippen molar-refractivity contribution in [3.05, 3.63) is 28.7 Å². The Hall–Kier alpha value is -1.19. The summed E-state index contributed by atoms with van der Waals surface area (Å²) in [5, 5.41) is 9.79. The van der Waals surface area contributed by atoms with E-state index in [0.717, 1.165) is 9.37 Å². The minimum absolute atomic E-state index is 0.360. The van der Waals surface area contributed by atoms with Crippen molar-refractivity contribution in [1.82, 2.24) is 0 Å². The Morgan fingerprint density at radius 1 is 1.20 bits per heavy atom. The highest BCUT2D eigenvalue weighted by Crippen LogP contribution is 2.32. The van der Waals surface area contributed by atoms with Crippen molar-refractivity contribution in [1.29, 1.82) is 0 Å². The SMILES string of the molecule is CCO[C@H]1[C@@H](OC)[C@H](N(C(=O)O)c2ccc(Br)cc2)O[C@H](C)[C@H]1OC. The van der Waals surface area contributed by atoms with Crippen LogP contribution in [-0.2, 0) is 18.9 Å². The Kier molecular flexibility index (Phi) is 7.21.